The predicted molar refractivity (Wildman–Crippen MR) is 165 cm³/mol. The molecule has 5 saturated carbocycles. The van der Waals surface area contributed by atoms with Crippen molar-refractivity contribution in [2.45, 2.75) is 149 Å². The molecule has 0 radical (unpaired) electrons. The molecule has 0 amide bonds. The molecule has 7 fully saturated rings. The summed E-state index contributed by atoms with van der Waals surface area (Å²) in [6.07, 6.45) is 6.87. The normalized spacial score (nSPS) is 53.3. The summed E-state index contributed by atoms with van der Waals surface area (Å²) in [6.45, 7) is 19.2. The molecule has 8 heteroatoms. The molecule has 3 N–H and O–H groups in total. The van der Waals surface area contributed by atoms with Crippen molar-refractivity contribution in [1.82, 2.24) is 5.32 Å². The molecule has 0 bridgehead atoms. The number of rotatable bonds is 5. The highest BCUT2D eigenvalue weighted by Crippen LogP contribution is 2.89. The number of aliphatic hydroxyl groups is 2. The first-order valence-electron chi connectivity index (χ1n) is 17.7. The molecule has 2 spiro atoms. The van der Waals surface area contributed by atoms with Crippen LogP contribution in [0, 0.1) is 50.7 Å². The minimum atomic E-state index is -1.25. The van der Waals surface area contributed by atoms with E-state index in [9.17, 15) is 15.0 Å². The SMILES string of the molecule is CC(=O)O[C@@H](C1C[C@@H](C)[C@H]2C(O1)[C@H](O)[C@@]1(C)C3CC[C@H]4C(C)(C)[C@@H](O[C@H]5CNCCO5)CC[C@@]45CC35CC[C@]21C)C(C)(C)O. The highest BCUT2D eigenvalue weighted by molar-refractivity contribution is 5.66. The summed E-state index contributed by atoms with van der Waals surface area (Å²) in [4.78, 5) is 12.0. The number of carbonyl (C=O) groups excluding carboxylic acids is 1. The van der Waals surface area contributed by atoms with Crippen molar-refractivity contribution < 1.29 is 34.0 Å². The first-order chi connectivity index (χ1) is 20.5. The van der Waals surface area contributed by atoms with Gasteiger partial charge in [0, 0.05) is 25.4 Å². The van der Waals surface area contributed by atoms with E-state index in [4.69, 9.17) is 18.9 Å². The highest BCUT2D eigenvalue weighted by atomic mass is 16.7. The van der Waals surface area contributed by atoms with Crippen LogP contribution >= 0.6 is 0 Å². The van der Waals surface area contributed by atoms with Gasteiger partial charge in [-0.25, -0.2) is 0 Å². The van der Waals surface area contributed by atoms with Crippen LogP contribution in [0.5, 0.6) is 0 Å². The second kappa shape index (κ2) is 10.1. The highest BCUT2D eigenvalue weighted by Gasteiger charge is 2.84. The lowest BCUT2D eigenvalue weighted by Gasteiger charge is -2.64. The van der Waals surface area contributed by atoms with Crippen molar-refractivity contribution in [3.63, 3.8) is 0 Å². The van der Waals surface area contributed by atoms with Crippen molar-refractivity contribution in [3.8, 4) is 0 Å². The molecule has 0 aromatic rings. The molecular weight excluding hydrogens is 558 g/mol. The summed E-state index contributed by atoms with van der Waals surface area (Å²) in [5, 5.41) is 26.9. The molecule has 0 aromatic carbocycles. The van der Waals surface area contributed by atoms with Gasteiger partial charge in [0.1, 0.15) is 0 Å². The van der Waals surface area contributed by atoms with Crippen molar-refractivity contribution in [3.05, 3.63) is 0 Å². The zero-order chi connectivity index (χ0) is 31.7. The number of aliphatic hydroxyl groups excluding tert-OH is 1. The third-order valence-corrected chi connectivity index (χ3v) is 15.3. The van der Waals surface area contributed by atoms with E-state index < -0.39 is 29.9 Å². The number of hydrogen-bond acceptors (Lipinski definition) is 8. The van der Waals surface area contributed by atoms with Gasteiger partial charge >= 0.3 is 5.97 Å². The quantitative estimate of drug-likeness (QED) is 0.377. The number of hydrogen-bond donors (Lipinski definition) is 3. The Kier molecular flexibility index (Phi) is 7.32. The van der Waals surface area contributed by atoms with Crippen LogP contribution in [0.4, 0.5) is 0 Å². The van der Waals surface area contributed by atoms with E-state index in [1.54, 1.807) is 13.8 Å². The van der Waals surface area contributed by atoms with Gasteiger partial charge in [-0.1, -0.05) is 34.6 Å². The number of nitrogens with one attached hydrogen (secondary N) is 1. The Bertz CT molecular complexity index is 1150. The van der Waals surface area contributed by atoms with Crippen LogP contribution in [0.3, 0.4) is 0 Å². The van der Waals surface area contributed by atoms with Crippen LogP contribution in [0.1, 0.15) is 107 Å². The lowest BCUT2D eigenvalue weighted by Crippen LogP contribution is -2.60. The first-order valence-corrected chi connectivity index (χ1v) is 17.7. The fourth-order valence-corrected chi connectivity index (χ4v) is 13.4. The standard InChI is InChI=1S/C36H59NO7/c1-20-17-22(30(32(5,6)40)42-21(2)38)43-28-27(20)33(7)13-14-36-19-35(36)12-11-25(44-26-18-37-15-16-41-26)31(3,4)23(35)9-10-24(36)34(33,8)29(28)39/h20,22-30,37,39-40H,9-19H2,1-8H3/t20-,22?,23+,24?,25+,26+,27+,28?,29+,30+,33-,34-,35-,36?/m1/s1. The Hall–Kier alpha value is -0.770. The fourth-order valence-electron chi connectivity index (χ4n) is 13.4. The van der Waals surface area contributed by atoms with Gasteiger partial charge in [-0.05, 0) is 111 Å². The molecule has 2 heterocycles. The summed E-state index contributed by atoms with van der Waals surface area (Å²) in [5.41, 5.74) is -0.862. The molecule has 7 aliphatic rings. The van der Waals surface area contributed by atoms with Crippen molar-refractivity contribution in [1.29, 1.82) is 0 Å². The Morgan fingerprint density at radius 3 is 2.41 bits per heavy atom. The van der Waals surface area contributed by atoms with Gasteiger partial charge in [0.05, 0.1) is 36.6 Å². The molecule has 8 nitrogen and oxygen atoms in total. The van der Waals surface area contributed by atoms with Gasteiger partial charge in [-0.2, -0.15) is 0 Å². The third-order valence-electron chi connectivity index (χ3n) is 15.3. The van der Waals surface area contributed by atoms with Crippen molar-refractivity contribution in [2.75, 3.05) is 19.7 Å². The monoisotopic (exact) mass is 617 g/mol. The molecule has 0 aromatic heterocycles. The van der Waals surface area contributed by atoms with E-state index in [0.717, 1.165) is 32.4 Å². The zero-order valence-corrected chi connectivity index (χ0v) is 28.5. The molecular formula is C36H59NO7. The summed E-state index contributed by atoms with van der Waals surface area (Å²) < 4.78 is 25.2. The first kappa shape index (κ1) is 31.8. The number of esters is 1. The zero-order valence-electron chi connectivity index (χ0n) is 28.5. The van der Waals surface area contributed by atoms with Crippen molar-refractivity contribution >= 4 is 5.97 Å². The van der Waals surface area contributed by atoms with Crippen LogP contribution in [0.15, 0.2) is 0 Å². The van der Waals surface area contributed by atoms with E-state index in [0.29, 0.717) is 30.3 Å². The van der Waals surface area contributed by atoms with E-state index in [2.05, 4.69) is 39.9 Å². The Balaban J connectivity index is 1.16. The second-order valence-electron chi connectivity index (χ2n) is 17.9. The van der Waals surface area contributed by atoms with Gasteiger partial charge in [0.25, 0.3) is 0 Å². The molecule has 7 rings (SSSR count). The topological polar surface area (TPSA) is 106 Å². The molecule has 14 atom stereocenters. The van der Waals surface area contributed by atoms with E-state index >= 15 is 0 Å². The fraction of sp³-hybridized carbons (Fsp3) is 0.972. The Morgan fingerprint density at radius 2 is 1.75 bits per heavy atom. The molecule has 5 aliphatic carbocycles. The third kappa shape index (κ3) is 4.12. The number of carbonyl (C=O) groups is 1. The average Bonchev–Trinajstić information content (AvgIpc) is 3.58. The van der Waals surface area contributed by atoms with Gasteiger partial charge in [0.15, 0.2) is 12.4 Å². The Labute approximate surface area is 264 Å². The summed E-state index contributed by atoms with van der Waals surface area (Å²) >= 11 is 0. The molecule has 250 valence electrons. The minimum absolute atomic E-state index is 0.0409. The maximum Gasteiger partial charge on any atom is 0.303 e. The van der Waals surface area contributed by atoms with E-state index in [-0.39, 0.29) is 52.0 Å². The lowest BCUT2D eigenvalue weighted by atomic mass is 9.41. The van der Waals surface area contributed by atoms with Crippen LogP contribution in [-0.2, 0) is 23.7 Å². The number of fused-ring (bicyclic) bond motifs is 4. The second-order valence-corrected chi connectivity index (χ2v) is 17.9. The maximum absolute atomic E-state index is 12.5. The van der Waals surface area contributed by atoms with Crippen LogP contribution in [0.2, 0.25) is 0 Å². The summed E-state index contributed by atoms with van der Waals surface area (Å²) in [5.74, 6) is 1.16. The van der Waals surface area contributed by atoms with Crippen LogP contribution in [-0.4, -0.2) is 78.3 Å². The summed E-state index contributed by atoms with van der Waals surface area (Å²) in [6, 6.07) is 0. The van der Waals surface area contributed by atoms with Gasteiger partial charge in [0.2, 0.25) is 0 Å². The molecule has 2 saturated heterocycles. The predicted octanol–water partition coefficient (Wildman–Crippen LogP) is 4.83. The van der Waals surface area contributed by atoms with Crippen molar-refractivity contribution in [2.24, 2.45) is 50.7 Å². The summed E-state index contributed by atoms with van der Waals surface area (Å²) in [7, 11) is 0. The van der Waals surface area contributed by atoms with Crippen LogP contribution < -0.4 is 5.32 Å². The lowest BCUT2D eigenvalue weighted by molar-refractivity contribution is -0.237. The van der Waals surface area contributed by atoms with E-state index in [1.165, 1.54) is 32.6 Å². The number of morpholine rings is 1. The van der Waals surface area contributed by atoms with Crippen LogP contribution in [0.25, 0.3) is 0 Å². The maximum atomic E-state index is 12.5. The van der Waals surface area contributed by atoms with Gasteiger partial charge in [-0.15, -0.1) is 0 Å². The average molecular weight is 618 g/mol. The van der Waals surface area contributed by atoms with E-state index in [1.807, 2.05) is 0 Å². The smallest absolute Gasteiger partial charge is 0.303 e. The Morgan fingerprint density at radius 1 is 1.05 bits per heavy atom. The van der Waals surface area contributed by atoms with Gasteiger partial charge < -0.3 is 34.5 Å². The molecule has 2 aliphatic heterocycles. The molecule has 4 unspecified atom stereocenters. The largest absolute Gasteiger partial charge is 0.457 e. The molecule has 44 heavy (non-hydrogen) atoms. The minimum Gasteiger partial charge on any atom is -0.457 e. The van der Waals surface area contributed by atoms with Gasteiger partial charge in [-0.3, -0.25) is 4.79 Å². The number of ether oxygens (including phenoxy) is 4.